The summed E-state index contributed by atoms with van der Waals surface area (Å²) in [5.74, 6) is 7.07. The van der Waals surface area contributed by atoms with E-state index in [1.165, 1.54) is 57.8 Å². The van der Waals surface area contributed by atoms with Gasteiger partial charge >= 0.3 is 0 Å². The molecule has 0 radical (unpaired) electrons. The molecular weight excluding hydrogens is 696 g/mol. The number of hydrogen-bond donors (Lipinski definition) is 6. The fraction of sp³-hybridized carbons (Fsp3) is 0.951. The summed E-state index contributed by atoms with van der Waals surface area (Å²) in [5.41, 5.74) is 0. The maximum absolute atomic E-state index is 12.7. The number of amides is 2. The van der Waals surface area contributed by atoms with Gasteiger partial charge in [0.2, 0.25) is 11.8 Å². The molecule has 0 aromatic rings. The molecule has 0 bridgehead atoms. The molecule has 13 nitrogen and oxygen atoms in total. The van der Waals surface area contributed by atoms with Gasteiger partial charge in [-0.2, -0.15) is 0 Å². The van der Waals surface area contributed by atoms with Crippen LogP contribution in [0.15, 0.2) is 0 Å². The molecule has 1 saturated heterocycles. The molecule has 4 aliphatic carbocycles. The van der Waals surface area contributed by atoms with E-state index in [-0.39, 0.29) is 25.0 Å². The number of methoxy groups -OCH3 is 1. The molecule has 5 fully saturated rings. The highest BCUT2D eigenvalue weighted by Crippen LogP contribution is 2.60. The Bertz CT molecular complexity index is 1110. The first-order valence-electron chi connectivity index (χ1n) is 21.4. The zero-order valence-corrected chi connectivity index (χ0v) is 33.0. The summed E-state index contributed by atoms with van der Waals surface area (Å²) in [6, 6.07) is 0. The summed E-state index contributed by atoms with van der Waals surface area (Å²) >= 11 is 0. The second kappa shape index (κ2) is 22.5. The smallest absolute Gasteiger partial charge is 0.220 e. The van der Waals surface area contributed by atoms with Gasteiger partial charge in [0.05, 0.1) is 45.7 Å². The molecule has 0 aromatic carbocycles. The zero-order chi connectivity index (χ0) is 38.5. The van der Waals surface area contributed by atoms with Gasteiger partial charge in [0.15, 0.2) is 6.29 Å². The Morgan fingerprint density at radius 2 is 1.35 bits per heavy atom. The summed E-state index contributed by atoms with van der Waals surface area (Å²) in [4.78, 5) is 24.8. The van der Waals surface area contributed by atoms with Gasteiger partial charge in [-0.3, -0.25) is 9.59 Å². The third-order valence-corrected chi connectivity index (χ3v) is 13.9. The molecule has 13 heteroatoms. The van der Waals surface area contributed by atoms with Crippen molar-refractivity contribution in [2.45, 2.75) is 140 Å². The van der Waals surface area contributed by atoms with E-state index in [4.69, 9.17) is 23.7 Å². The average molecular weight is 769 g/mol. The largest absolute Gasteiger partial charge is 0.394 e. The number of aliphatic hydroxyl groups is 4. The molecule has 6 N–H and O–H groups in total. The predicted molar refractivity (Wildman–Crippen MR) is 201 cm³/mol. The minimum atomic E-state index is -1.48. The first kappa shape index (κ1) is 43.7. The van der Waals surface area contributed by atoms with Crippen LogP contribution in [-0.4, -0.2) is 129 Å². The SMILES string of the molecule is CO[C@@H]1CCC2C(CCC3C2CCC2C3CC[C@@H]2[C@H](C)CCC(=O)NCCCCCC(=O)NCCOCCOCCO[C@H]2OC(CO)[C@@H](O)C(O)C2O)C1. The van der Waals surface area contributed by atoms with Crippen molar-refractivity contribution in [1.82, 2.24) is 10.6 Å². The number of unbranched alkanes of at least 4 members (excludes halogenated alkanes) is 2. The van der Waals surface area contributed by atoms with E-state index < -0.39 is 37.3 Å². The van der Waals surface area contributed by atoms with Crippen LogP contribution >= 0.6 is 0 Å². The molecule has 312 valence electrons. The summed E-state index contributed by atoms with van der Waals surface area (Å²) in [5, 5.41) is 44.8. The number of hydrogen-bond acceptors (Lipinski definition) is 11. The van der Waals surface area contributed by atoms with Crippen molar-refractivity contribution >= 4 is 11.8 Å². The molecule has 2 amide bonds. The number of fused-ring (bicyclic) bond motifs is 5. The first-order valence-corrected chi connectivity index (χ1v) is 21.4. The highest BCUT2D eigenvalue weighted by molar-refractivity contribution is 5.76. The summed E-state index contributed by atoms with van der Waals surface area (Å²) in [6.07, 6.45) is 10.9. The van der Waals surface area contributed by atoms with Crippen molar-refractivity contribution in [3.63, 3.8) is 0 Å². The Labute approximate surface area is 322 Å². The number of carbonyl (C=O) groups is 2. The molecule has 54 heavy (non-hydrogen) atoms. The van der Waals surface area contributed by atoms with Gasteiger partial charge in [-0.15, -0.1) is 0 Å². The lowest BCUT2D eigenvalue weighted by atomic mass is 9.53. The number of rotatable bonds is 22. The van der Waals surface area contributed by atoms with Crippen LogP contribution in [0.2, 0.25) is 0 Å². The molecule has 0 spiro atoms. The van der Waals surface area contributed by atoms with Crippen LogP contribution in [-0.2, 0) is 33.3 Å². The number of ether oxygens (including phenoxy) is 5. The highest BCUT2D eigenvalue weighted by atomic mass is 16.7. The van der Waals surface area contributed by atoms with Crippen LogP contribution in [0.25, 0.3) is 0 Å². The van der Waals surface area contributed by atoms with Gasteiger partial charge < -0.3 is 54.7 Å². The predicted octanol–water partition coefficient (Wildman–Crippen LogP) is 2.94. The Balaban J connectivity index is 0.813. The Hall–Kier alpha value is -1.42. The Morgan fingerprint density at radius 1 is 0.704 bits per heavy atom. The molecule has 0 aromatic heterocycles. The lowest BCUT2D eigenvalue weighted by Crippen LogP contribution is -2.59. The number of carbonyl (C=O) groups excluding carboxylic acids is 2. The van der Waals surface area contributed by atoms with Crippen LogP contribution in [0.1, 0.15) is 103 Å². The standard InChI is InChI=1S/C41H72N2O11/c1-26(29-12-13-34-31(29)14-15-32-30-11-9-28(50-2)24-27(30)8-10-33(32)34)7-16-37(46)42-17-5-3-4-6-36(45)43-18-19-51-20-21-52-22-23-53-41-40(49)39(48)38(47)35(25-44)54-41/h26-35,38-41,44,47-49H,3-25H2,1-2H3,(H,42,46)(H,43,45)/t26-,27?,28-,29-,30?,31?,32?,33?,34?,35?,38-,39?,40?,41+/m1/s1. The van der Waals surface area contributed by atoms with Gasteiger partial charge in [-0.1, -0.05) is 13.3 Å². The van der Waals surface area contributed by atoms with E-state index in [0.29, 0.717) is 57.8 Å². The third-order valence-electron chi connectivity index (χ3n) is 13.9. The zero-order valence-electron chi connectivity index (χ0n) is 33.0. The van der Waals surface area contributed by atoms with E-state index >= 15 is 0 Å². The normalized spacial score (nSPS) is 36.8. The average Bonchev–Trinajstić information content (AvgIpc) is 3.63. The molecule has 9 unspecified atom stereocenters. The minimum absolute atomic E-state index is 0.0114. The van der Waals surface area contributed by atoms with Gasteiger partial charge in [-0.25, -0.2) is 0 Å². The van der Waals surface area contributed by atoms with E-state index in [2.05, 4.69) is 17.6 Å². The maximum Gasteiger partial charge on any atom is 0.220 e. The fourth-order valence-electron chi connectivity index (χ4n) is 11.0. The van der Waals surface area contributed by atoms with Gasteiger partial charge in [0.1, 0.15) is 24.4 Å². The van der Waals surface area contributed by atoms with Crippen LogP contribution < -0.4 is 10.6 Å². The van der Waals surface area contributed by atoms with Crippen LogP contribution in [0, 0.1) is 47.3 Å². The first-order chi connectivity index (χ1) is 26.2. The minimum Gasteiger partial charge on any atom is -0.394 e. The van der Waals surface area contributed by atoms with E-state index in [9.17, 15) is 30.0 Å². The fourth-order valence-corrected chi connectivity index (χ4v) is 11.0. The van der Waals surface area contributed by atoms with Gasteiger partial charge in [0.25, 0.3) is 0 Å². The lowest BCUT2D eigenvalue weighted by Gasteiger charge is -2.53. The van der Waals surface area contributed by atoms with E-state index in [1.807, 2.05) is 7.11 Å². The van der Waals surface area contributed by atoms with Crippen molar-refractivity contribution in [3.05, 3.63) is 0 Å². The van der Waals surface area contributed by atoms with E-state index in [1.54, 1.807) is 0 Å². The highest BCUT2D eigenvalue weighted by Gasteiger charge is 2.52. The molecular formula is C41H72N2O11. The molecule has 1 aliphatic heterocycles. The van der Waals surface area contributed by atoms with Crippen molar-refractivity contribution in [2.75, 3.05) is 59.8 Å². The Morgan fingerprint density at radius 3 is 2.15 bits per heavy atom. The third kappa shape index (κ3) is 12.0. The van der Waals surface area contributed by atoms with Crippen LogP contribution in [0.5, 0.6) is 0 Å². The van der Waals surface area contributed by atoms with Crippen molar-refractivity contribution in [3.8, 4) is 0 Å². The second-order valence-electron chi connectivity index (χ2n) is 17.0. The monoisotopic (exact) mass is 769 g/mol. The van der Waals surface area contributed by atoms with Crippen LogP contribution in [0.3, 0.4) is 0 Å². The Kier molecular flexibility index (Phi) is 18.2. The van der Waals surface area contributed by atoms with E-state index in [0.717, 1.165) is 67.1 Å². The van der Waals surface area contributed by atoms with Crippen LogP contribution in [0.4, 0.5) is 0 Å². The summed E-state index contributed by atoms with van der Waals surface area (Å²) < 4.78 is 27.3. The molecule has 5 aliphatic rings. The number of aliphatic hydroxyl groups excluding tert-OH is 4. The molecule has 14 atom stereocenters. The van der Waals surface area contributed by atoms with Crippen molar-refractivity contribution in [2.24, 2.45) is 47.3 Å². The maximum atomic E-state index is 12.7. The van der Waals surface area contributed by atoms with Gasteiger partial charge in [0, 0.05) is 33.0 Å². The van der Waals surface area contributed by atoms with Gasteiger partial charge in [-0.05, 0) is 124 Å². The summed E-state index contributed by atoms with van der Waals surface area (Å²) in [6.45, 7) is 4.23. The van der Waals surface area contributed by atoms with Crippen molar-refractivity contribution < 1.29 is 53.7 Å². The molecule has 4 saturated carbocycles. The molecule has 1 heterocycles. The topological polar surface area (TPSA) is 185 Å². The summed E-state index contributed by atoms with van der Waals surface area (Å²) in [7, 11) is 1.89. The lowest BCUT2D eigenvalue weighted by molar-refractivity contribution is -0.302. The number of nitrogens with one attached hydrogen (secondary N) is 2. The molecule has 5 rings (SSSR count). The quantitative estimate of drug-likeness (QED) is 0.0891. The van der Waals surface area contributed by atoms with Crippen molar-refractivity contribution in [1.29, 1.82) is 0 Å². The second-order valence-corrected chi connectivity index (χ2v) is 17.0.